The highest BCUT2D eigenvalue weighted by Crippen LogP contribution is 2.37. The monoisotopic (exact) mass is 1050 g/mol. The summed E-state index contributed by atoms with van der Waals surface area (Å²) >= 11 is 6.10. The largest absolute Gasteiger partial charge is 0.489 e. The summed E-state index contributed by atoms with van der Waals surface area (Å²) < 4.78 is 63.5. The average Bonchev–Trinajstić information content (AvgIpc) is 4.00. The van der Waals surface area contributed by atoms with Crippen LogP contribution in [0.3, 0.4) is 0 Å². The molecule has 70 heavy (non-hydrogen) atoms. The number of aliphatic imine (C=N–C) groups is 3. The number of hydrogen-bond acceptors (Lipinski definition) is 20. The summed E-state index contributed by atoms with van der Waals surface area (Å²) in [5, 5.41) is 11.3. The second-order valence-electron chi connectivity index (χ2n) is 15.3. The zero-order chi connectivity index (χ0) is 49.9. The maximum absolute atomic E-state index is 13.4. The fourth-order valence-corrected chi connectivity index (χ4v) is 7.88. The molecule has 1 aromatic carbocycles. The van der Waals surface area contributed by atoms with Gasteiger partial charge in [-0.2, -0.15) is 10.2 Å². The Balaban J connectivity index is 0.995. The van der Waals surface area contributed by atoms with Crippen LogP contribution in [-0.2, 0) is 52.0 Å². The first-order valence-electron chi connectivity index (χ1n) is 23.3. The first kappa shape index (κ1) is 59.2. The smallest absolute Gasteiger partial charge is 0.231 e. The van der Waals surface area contributed by atoms with Crippen molar-refractivity contribution < 1.29 is 66.5 Å². The first-order valence-corrected chi connectivity index (χ1v) is 26.4. The van der Waals surface area contributed by atoms with Crippen LogP contribution in [0.5, 0.6) is 5.75 Å². The van der Waals surface area contributed by atoms with Gasteiger partial charge in [-0.25, -0.2) is 9.67 Å². The fraction of sp³-hybridized carbons (Fsp3) is 0.682. The van der Waals surface area contributed by atoms with E-state index in [0.717, 1.165) is 19.4 Å². The van der Waals surface area contributed by atoms with E-state index in [-0.39, 0.29) is 58.1 Å². The van der Waals surface area contributed by atoms with E-state index in [1.807, 2.05) is 17.0 Å². The molecular weight excluding hydrogens is 976 g/mol. The molecule has 1 aromatic heterocycles. The number of nitrogens with two attached hydrogens (primary N) is 1. The molecule has 23 nitrogen and oxygen atoms in total. The fourth-order valence-electron chi connectivity index (χ4n) is 6.63. The Hall–Kier alpha value is -3.35. The van der Waals surface area contributed by atoms with Crippen LogP contribution in [0.15, 0.2) is 50.5 Å². The lowest BCUT2D eigenvalue weighted by atomic mass is 9.97. The molecule has 4 rings (SSSR count). The minimum absolute atomic E-state index is 0.000981. The number of nitrogens with zero attached hydrogens (tertiary/aromatic N) is 7. The van der Waals surface area contributed by atoms with Gasteiger partial charge in [-0.05, 0) is 38.1 Å². The number of hydrogen-bond donors (Lipinski definition) is 4. The first-order chi connectivity index (χ1) is 34.4. The van der Waals surface area contributed by atoms with E-state index in [9.17, 15) is 4.79 Å². The number of alkyl halides is 1. The lowest BCUT2D eigenvalue weighted by Gasteiger charge is -2.40. The number of halogens is 1. The molecule has 1 amide bonds. The number of carbonyl (C=O) groups is 1. The van der Waals surface area contributed by atoms with Crippen LogP contribution in [-0.4, -0.2) is 211 Å². The maximum atomic E-state index is 13.4. The van der Waals surface area contributed by atoms with Crippen molar-refractivity contribution in [2.75, 3.05) is 156 Å². The number of nitrogens with one attached hydrogen (secondary N) is 1. The number of anilines is 1. The van der Waals surface area contributed by atoms with Gasteiger partial charge >= 0.3 is 0 Å². The Morgan fingerprint density at radius 2 is 1.53 bits per heavy atom. The number of para-hydroxylation sites is 2. The molecule has 0 spiro atoms. The quantitative estimate of drug-likeness (QED) is 0.0108. The minimum atomic E-state index is -1.98. The van der Waals surface area contributed by atoms with Crippen molar-refractivity contribution >= 4 is 70.7 Å². The number of hydrazone groups is 1. The minimum Gasteiger partial charge on any atom is -0.489 e. The number of benzene rings is 1. The third-order valence-electron chi connectivity index (χ3n) is 10.1. The number of rotatable bonds is 41. The number of likely N-dealkylation sites (tertiary alicyclic amines) is 1. The van der Waals surface area contributed by atoms with E-state index in [4.69, 9.17) is 79.1 Å². The normalized spacial score (nSPS) is 16.9. The van der Waals surface area contributed by atoms with E-state index in [1.54, 1.807) is 29.2 Å². The predicted molar refractivity (Wildman–Crippen MR) is 270 cm³/mol. The molecule has 3 unspecified atom stereocenters. The summed E-state index contributed by atoms with van der Waals surface area (Å²) in [6.07, 6.45) is 5.10. The summed E-state index contributed by atoms with van der Waals surface area (Å²) in [5.74, 6) is 6.77. The van der Waals surface area contributed by atoms with Crippen molar-refractivity contribution in [2.24, 2.45) is 31.8 Å². The van der Waals surface area contributed by atoms with Crippen molar-refractivity contribution in [3.05, 3.63) is 36.0 Å². The molecular formula is C44H72ClN9O14P2. The summed E-state index contributed by atoms with van der Waals surface area (Å²) in [6.45, 7) is 14.9. The van der Waals surface area contributed by atoms with E-state index >= 15 is 0 Å². The van der Waals surface area contributed by atoms with Crippen LogP contribution in [0.1, 0.15) is 38.0 Å². The van der Waals surface area contributed by atoms with E-state index in [0.29, 0.717) is 160 Å². The second-order valence-corrected chi connectivity index (χ2v) is 18.1. The SMILES string of the molecule is C=Nc1c(/C(=N\CCl)N2CC(C(=O)Nc3ccccc3OCCOCCOCCOCCOC/C(C=NCCOCCOCCOCCOCCC)=N/N)C2)cnn1C1CCC(COPCP(O)O)O1. The topological polar surface area (TPSA) is 268 Å². The Morgan fingerprint density at radius 3 is 2.14 bits per heavy atom. The van der Waals surface area contributed by atoms with E-state index in [1.165, 1.54) is 0 Å². The molecule has 2 saturated heterocycles. The third kappa shape index (κ3) is 23.5. The van der Waals surface area contributed by atoms with Crippen LogP contribution in [0.2, 0.25) is 0 Å². The molecule has 394 valence electrons. The van der Waals surface area contributed by atoms with Crippen LogP contribution in [0.4, 0.5) is 11.5 Å². The number of ether oxygens (including phenoxy) is 10. The van der Waals surface area contributed by atoms with E-state index < -0.39 is 8.38 Å². The van der Waals surface area contributed by atoms with Gasteiger partial charge in [0.25, 0.3) is 0 Å². The van der Waals surface area contributed by atoms with Gasteiger partial charge in [-0.3, -0.25) is 14.8 Å². The van der Waals surface area contributed by atoms with Crippen LogP contribution >= 0.6 is 28.8 Å². The number of amides is 1. The Kier molecular flexibility index (Phi) is 31.6. The second kappa shape index (κ2) is 37.4. The average molecular weight is 1050 g/mol. The molecule has 26 heteroatoms. The van der Waals surface area contributed by atoms with Crippen LogP contribution in [0, 0.1) is 5.92 Å². The van der Waals surface area contributed by atoms with Crippen molar-refractivity contribution in [1.82, 2.24) is 14.7 Å². The maximum Gasteiger partial charge on any atom is 0.231 e. The van der Waals surface area contributed by atoms with Gasteiger partial charge in [0.2, 0.25) is 5.91 Å². The highest BCUT2D eigenvalue weighted by Gasteiger charge is 2.38. The van der Waals surface area contributed by atoms with Crippen LogP contribution in [0.25, 0.3) is 0 Å². The molecule has 0 saturated carbocycles. The summed E-state index contributed by atoms with van der Waals surface area (Å²) in [6, 6.07) is 7.24. The third-order valence-corrected chi connectivity index (χ3v) is 12.2. The van der Waals surface area contributed by atoms with E-state index in [2.05, 4.69) is 44.1 Å². The van der Waals surface area contributed by atoms with Gasteiger partial charge in [0, 0.05) is 34.7 Å². The van der Waals surface area contributed by atoms with Gasteiger partial charge in [-0.15, -0.1) is 11.6 Å². The Morgan fingerprint density at radius 1 is 0.914 bits per heavy atom. The summed E-state index contributed by atoms with van der Waals surface area (Å²) in [7, 11) is -1.99. The molecule has 0 aliphatic carbocycles. The Labute approximate surface area is 418 Å². The molecule has 0 bridgehead atoms. The van der Waals surface area contributed by atoms with Crippen molar-refractivity contribution in [3.63, 3.8) is 0 Å². The molecule has 2 aromatic rings. The predicted octanol–water partition coefficient (Wildman–Crippen LogP) is 3.58. The van der Waals surface area contributed by atoms with Gasteiger partial charge < -0.3 is 77.7 Å². The van der Waals surface area contributed by atoms with Crippen molar-refractivity contribution in [3.8, 4) is 5.75 Å². The Bertz CT molecular complexity index is 1830. The van der Waals surface area contributed by atoms with Gasteiger partial charge in [-0.1, -0.05) is 19.1 Å². The molecule has 3 heterocycles. The lowest BCUT2D eigenvalue weighted by molar-refractivity contribution is -0.123. The molecule has 3 atom stereocenters. The number of carbonyl (C=O) groups excluding carboxylic acids is 1. The number of aromatic nitrogens is 2. The molecule has 0 radical (unpaired) electrons. The van der Waals surface area contributed by atoms with Gasteiger partial charge in [0.05, 0.1) is 148 Å². The standard InChI is InChI=1S/C44H72ClN9O14P2/c1-3-11-58-13-15-60-17-18-61-16-14-59-12-10-48-27-36(52-46)31-65-24-23-63-20-19-62-21-22-64-25-26-66-40-7-5-4-6-39(40)51-44(55)35-29-53(30-35)43(49-33-45)38-28-50-54(42(38)47-2)41-9-8-37(68-41)32-67-69-34-70(56)57/h4-7,27-28,35,37,41,56-57,69H,2-3,8-26,29-34,46H2,1H3,(H,51,55)/b48-27?,49-43+,52-36+. The molecule has 2 aliphatic rings. The highest BCUT2D eigenvalue weighted by molar-refractivity contribution is 7.58. The molecule has 2 aliphatic heterocycles. The number of amidine groups is 1. The summed E-state index contributed by atoms with van der Waals surface area (Å²) in [4.78, 5) is 46.6. The molecule has 2 fully saturated rings. The van der Waals surface area contributed by atoms with Gasteiger partial charge in [0.15, 0.2) is 20.4 Å². The summed E-state index contributed by atoms with van der Waals surface area (Å²) in [5.41, 5.74) is 1.69. The lowest BCUT2D eigenvalue weighted by Crippen LogP contribution is -2.54. The van der Waals surface area contributed by atoms with Gasteiger partial charge in [0.1, 0.15) is 29.9 Å². The van der Waals surface area contributed by atoms with Crippen molar-refractivity contribution in [1.29, 1.82) is 0 Å². The van der Waals surface area contributed by atoms with Crippen LogP contribution < -0.4 is 15.9 Å². The zero-order valence-electron chi connectivity index (χ0n) is 40.1. The highest BCUT2D eigenvalue weighted by atomic mass is 35.5. The molecule has 5 N–H and O–H groups in total. The zero-order valence-corrected chi connectivity index (χ0v) is 42.8. The van der Waals surface area contributed by atoms with Crippen molar-refractivity contribution in [2.45, 2.75) is 38.5 Å².